The van der Waals surface area contributed by atoms with Gasteiger partial charge in [-0.3, -0.25) is 4.79 Å². The molecule has 0 aliphatic heterocycles. The van der Waals surface area contributed by atoms with Crippen LogP contribution in [0.3, 0.4) is 0 Å². The maximum atomic E-state index is 11.9. The second-order valence-corrected chi connectivity index (χ2v) is 6.29. The Balaban J connectivity index is 2.35. The summed E-state index contributed by atoms with van der Waals surface area (Å²) < 4.78 is 0. The maximum Gasteiger partial charge on any atom is 0.251 e. The van der Waals surface area contributed by atoms with Crippen molar-refractivity contribution in [3.63, 3.8) is 0 Å². The van der Waals surface area contributed by atoms with Gasteiger partial charge in [0.25, 0.3) is 5.91 Å². The lowest BCUT2D eigenvalue weighted by Crippen LogP contribution is -2.26. The van der Waals surface area contributed by atoms with Gasteiger partial charge in [0.05, 0.1) is 0 Å². The zero-order chi connectivity index (χ0) is 14.3. The van der Waals surface area contributed by atoms with Crippen LogP contribution >= 0.6 is 11.8 Å². The summed E-state index contributed by atoms with van der Waals surface area (Å²) in [5.41, 5.74) is 0.629. The largest absolute Gasteiger partial charge is 0.396 e. The molecule has 2 N–H and O–H groups in total. The third-order valence-electron chi connectivity index (χ3n) is 3.10. The number of carbonyl (C=O) groups is 1. The molecule has 1 aromatic carbocycles. The second kappa shape index (κ2) is 7.56. The van der Waals surface area contributed by atoms with E-state index in [-0.39, 0.29) is 17.9 Å². The molecule has 19 heavy (non-hydrogen) atoms. The highest BCUT2D eigenvalue weighted by Gasteiger charge is 2.15. The number of nitrogens with one attached hydrogen (secondary N) is 1. The summed E-state index contributed by atoms with van der Waals surface area (Å²) in [6, 6.07) is 7.60. The predicted molar refractivity (Wildman–Crippen MR) is 80.7 cm³/mol. The molecular weight excluding hydrogens is 258 g/mol. The third kappa shape index (κ3) is 5.66. The Labute approximate surface area is 119 Å². The summed E-state index contributed by atoms with van der Waals surface area (Å²) in [7, 11) is 0. The Kier molecular flexibility index (Phi) is 6.38. The normalized spacial score (nSPS) is 11.4. The molecule has 0 saturated heterocycles. The zero-order valence-electron chi connectivity index (χ0n) is 11.9. The van der Waals surface area contributed by atoms with Gasteiger partial charge >= 0.3 is 0 Å². The van der Waals surface area contributed by atoms with Crippen molar-refractivity contribution in [2.24, 2.45) is 5.41 Å². The Morgan fingerprint density at radius 1 is 1.32 bits per heavy atom. The number of hydrogen-bond donors (Lipinski definition) is 2. The molecule has 1 aromatic rings. The number of rotatable bonds is 7. The summed E-state index contributed by atoms with van der Waals surface area (Å²) >= 11 is 1.66. The molecule has 0 aliphatic carbocycles. The molecule has 4 heteroatoms. The minimum absolute atomic E-state index is 0.0329. The van der Waals surface area contributed by atoms with Crippen molar-refractivity contribution >= 4 is 17.7 Å². The molecule has 0 spiro atoms. The lowest BCUT2D eigenvalue weighted by molar-refractivity contribution is 0.0948. The molecule has 1 amide bonds. The van der Waals surface area contributed by atoms with Crippen LogP contribution in [-0.2, 0) is 0 Å². The summed E-state index contributed by atoms with van der Waals surface area (Å²) in [5.74, 6) is -0.0329. The molecule has 0 aliphatic rings. The van der Waals surface area contributed by atoms with Crippen molar-refractivity contribution in [1.29, 1.82) is 0 Å². The summed E-state index contributed by atoms with van der Waals surface area (Å²) in [4.78, 5) is 13.0. The first-order valence-corrected chi connectivity index (χ1v) is 7.74. The molecule has 0 aromatic heterocycles. The fraction of sp³-hybridized carbons (Fsp3) is 0.533. The minimum Gasteiger partial charge on any atom is -0.396 e. The molecule has 0 bridgehead atoms. The van der Waals surface area contributed by atoms with Crippen molar-refractivity contribution in [3.05, 3.63) is 29.8 Å². The van der Waals surface area contributed by atoms with Gasteiger partial charge in [0, 0.05) is 23.6 Å². The second-order valence-electron chi connectivity index (χ2n) is 5.41. The van der Waals surface area contributed by atoms with Crippen molar-refractivity contribution in [2.45, 2.75) is 31.6 Å². The number of aliphatic hydroxyl groups is 1. The third-order valence-corrected chi connectivity index (χ3v) is 3.84. The Morgan fingerprint density at radius 2 is 1.95 bits per heavy atom. The van der Waals surface area contributed by atoms with Crippen molar-refractivity contribution in [2.75, 3.05) is 19.4 Å². The highest BCUT2D eigenvalue weighted by Crippen LogP contribution is 2.20. The van der Waals surface area contributed by atoms with Gasteiger partial charge in [-0.25, -0.2) is 0 Å². The molecule has 106 valence electrons. The van der Waals surface area contributed by atoms with Gasteiger partial charge in [0.15, 0.2) is 0 Å². The highest BCUT2D eigenvalue weighted by atomic mass is 32.2. The lowest BCUT2D eigenvalue weighted by Gasteiger charge is -2.21. The van der Waals surface area contributed by atoms with Crippen LogP contribution in [-0.4, -0.2) is 30.4 Å². The number of carbonyl (C=O) groups excluding carboxylic acids is 1. The van der Waals surface area contributed by atoms with Crippen LogP contribution in [0, 0.1) is 5.41 Å². The quantitative estimate of drug-likeness (QED) is 0.597. The van der Waals surface area contributed by atoms with E-state index in [4.69, 9.17) is 5.11 Å². The van der Waals surface area contributed by atoms with Gasteiger partial charge in [-0.05, 0) is 48.8 Å². The maximum absolute atomic E-state index is 11.9. The van der Waals surface area contributed by atoms with Gasteiger partial charge < -0.3 is 10.4 Å². The molecule has 1 rings (SSSR count). The number of aliphatic hydroxyl groups excluding tert-OH is 1. The van der Waals surface area contributed by atoms with Crippen LogP contribution in [0.5, 0.6) is 0 Å². The molecule has 0 unspecified atom stereocenters. The van der Waals surface area contributed by atoms with Crippen LogP contribution in [0.2, 0.25) is 0 Å². The van der Waals surface area contributed by atoms with Crippen LogP contribution in [0.25, 0.3) is 0 Å². The molecule has 0 saturated carbocycles. The van der Waals surface area contributed by atoms with Crippen molar-refractivity contribution < 1.29 is 9.90 Å². The number of benzene rings is 1. The van der Waals surface area contributed by atoms with E-state index in [1.807, 2.05) is 44.4 Å². The van der Waals surface area contributed by atoms with Crippen molar-refractivity contribution in [3.8, 4) is 0 Å². The number of hydrogen-bond acceptors (Lipinski definition) is 3. The van der Waals surface area contributed by atoms with E-state index in [1.54, 1.807) is 11.8 Å². The van der Waals surface area contributed by atoms with E-state index in [9.17, 15) is 4.79 Å². The first kappa shape index (κ1) is 16.1. The topological polar surface area (TPSA) is 49.3 Å². The molecular formula is C15H23NO2S. The average molecular weight is 281 g/mol. The van der Waals surface area contributed by atoms with E-state index in [1.165, 1.54) is 0 Å². The molecule has 0 heterocycles. The van der Waals surface area contributed by atoms with Gasteiger partial charge in [-0.1, -0.05) is 13.8 Å². The fourth-order valence-electron chi connectivity index (χ4n) is 1.69. The molecule has 0 fully saturated rings. The average Bonchev–Trinajstić information content (AvgIpc) is 2.43. The summed E-state index contributed by atoms with van der Waals surface area (Å²) in [6.45, 7) is 4.87. The van der Waals surface area contributed by atoms with Crippen molar-refractivity contribution in [1.82, 2.24) is 5.32 Å². The van der Waals surface area contributed by atoms with Crippen LogP contribution in [0.1, 0.15) is 37.0 Å². The van der Waals surface area contributed by atoms with Gasteiger partial charge in [-0.2, -0.15) is 0 Å². The monoisotopic (exact) mass is 281 g/mol. The van der Waals surface area contributed by atoms with Gasteiger partial charge in [0.2, 0.25) is 0 Å². The number of thioether (sulfide) groups is 1. The van der Waals surface area contributed by atoms with E-state index in [2.05, 4.69) is 5.32 Å². The SMILES string of the molecule is CSc1ccc(C(=O)NCCCC(C)(C)CO)cc1. The molecule has 0 atom stereocenters. The summed E-state index contributed by atoms with van der Waals surface area (Å²) in [5, 5.41) is 12.0. The Hall–Kier alpha value is -1.00. The van der Waals surface area contributed by atoms with Gasteiger partial charge in [-0.15, -0.1) is 11.8 Å². The smallest absolute Gasteiger partial charge is 0.251 e. The Bertz CT molecular complexity index is 401. The van der Waals surface area contributed by atoms with E-state index < -0.39 is 0 Å². The molecule has 0 radical (unpaired) electrons. The van der Waals surface area contributed by atoms with E-state index in [0.717, 1.165) is 17.7 Å². The zero-order valence-corrected chi connectivity index (χ0v) is 12.7. The highest BCUT2D eigenvalue weighted by molar-refractivity contribution is 7.98. The standard InChI is InChI=1S/C15H23NO2S/c1-15(2,11-17)9-4-10-16-14(18)12-5-7-13(19-3)8-6-12/h5-8,17H,4,9-11H2,1-3H3,(H,16,18). The van der Waals surface area contributed by atoms with Crippen LogP contribution in [0.4, 0.5) is 0 Å². The van der Waals surface area contributed by atoms with Gasteiger partial charge in [0.1, 0.15) is 0 Å². The first-order valence-electron chi connectivity index (χ1n) is 6.51. The van der Waals surface area contributed by atoms with E-state index in [0.29, 0.717) is 12.1 Å². The van der Waals surface area contributed by atoms with E-state index >= 15 is 0 Å². The lowest BCUT2D eigenvalue weighted by atomic mass is 9.89. The number of amides is 1. The minimum atomic E-state index is -0.0648. The first-order chi connectivity index (χ1) is 8.98. The predicted octanol–water partition coefficient (Wildman–Crippen LogP) is 2.94. The Morgan fingerprint density at radius 3 is 2.47 bits per heavy atom. The molecule has 3 nitrogen and oxygen atoms in total. The fourth-order valence-corrected chi connectivity index (χ4v) is 2.10. The van der Waals surface area contributed by atoms with Crippen LogP contribution in [0.15, 0.2) is 29.2 Å². The van der Waals surface area contributed by atoms with Crippen LogP contribution < -0.4 is 5.32 Å². The summed E-state index contributed by atoms with van der Waals surface area (Å²) in [6.07, 6.45) is 3.79.